The van der Waals surface area contributed by atoms with Gasteiger partial charge in [-0.1, -0.05) is 20.8 Å². The number of Topliss-reactive ketones (excluding diaryl/α,β-unsaturated/α-hetero) is 1. The Morgan fingerprint density at radius 3 is 1.43 bits per heavy atom. The maximum absolute atomic E-state index is 9.81. The van der Waals surface area contributed by atoms with Crippen LogP contribution in [0.25, 0.3) is 0 Å². The zero-order valence-corrected chi connectivity index (χ0v) is 13.7. The van der Waals surface area contributed by atoms with Crippen molar-refractivity contribution in [1.29, 1.82) is 0 Å². The van der Waals surface area contributed by atoms with Crippen molar-refractivity contribution in [2.24, 2.45) is 16.7 Å². The lowest BCUT2D eigenvalue weighted by Crippen LogP contribution is -2.35. The van der Waals surface area contributed by atoms with E-state index in [-0.39, 0.29) is 11.5 Å². The van der Waals surface area contributed by atoms with Gasteiger partial charge in [-0.25, -0.2) is 9.59 Å². The van der Waals surface area contributed by atoms with Gasteiger partial charge in [0.2, 0.25) is 0 Å². The van der Waals surface area contributed by atoms with Crippen molar-refractivity contribution in [2.45, 2.75) is 53.1 Å². The van der Waals surface area contributed by atoms with Gasteiger partial charge in [-0.2, -0.15) is 0 Å². The molecule has 132 valence electrons. The molecule has 2 saturated carbocycles. The van der Waals surface area contributed by atoms with E-state index in [2.05, 4.69) is 20.8 Å². The molecule has 2 aliphatic rings. The molecule has 0 amide bonds. The summed E-state index contributed by atoms with van der Waals surface area (Å²) in [6.07, 6.45) is 3.58. The first-order valence-electron chi connectivity index (χ1n) is 7.15. The molecule has 2 aliphatic carbocycles. The maximum atomic E-state index is 9.81. The van der Waals surface area contributed by atoms with Gasteiger partial charge in [0.05, 0.1) is 6.10 Å². The van der Waals surface area contributed by atoms with Gasteiger partial charge >= 0.3 is 17.7 Å². The van der Waals surface area contributed by atoms with Crippen molar-refractivity contribution in [2.75, 3.05) is 0 Å². The zero-order chi connectivity index (χ0) is 18.6. The molecule has 2 bridgehead atoms. The summed E-state index contributed by atoms with van der Waals surface area (Å²) in [5, 5.41) is 32.5. The maximum Gasteiger partial charge on any atom is 0.384 e. The van der Waals surface area contributed by atoms with Crippen molar-refractivity contribution >= 4 is 23.7 Å². The fourth-order valence-electron chi connectivity index (χ4n) is 3.25. The van der Waals surface area contributed by atoms with E-state index >= 15 is 0 Å². The number of carboxylic acid groups (broad SMARTS) is 3. The number of aliphatic hydroxyl groups excluding tert-OH is 1. The molecule has 2 rings (SSSR count). The quantitative estimate of drug-likeness (QED) is 0.432. The van der Waals surface area contributed by atoms with Crippen LogP contribution in [0.1, 0.15) is 47.0 Å². The highest BCUT2D eigenvalue weighted by Crippen LogP contribution is 2.65. The minimum Gasteiger partial charge on any atom is -0.481 e. The molecule has 0 aromatic carbocycles. The fourth-order valence-corrected chi connectivity index (χ4v) is 3.25. The average molecular weight is 332 g/mol. The lowest BCUT2D eigenvalue weighted by atomic mass is 9.70. The van der Waals surface area contributed by atoms with E-state index in [4.69, 9.17) is 20.1 Å². The average Bonchev–Trinajstić information content (AvgIpc) is 2.70. The highest BCUT2D eigenvalue weighted by atomic mass is 16.4. The second-order valence-electron chi connectivity index (χ2n) is 6.58. The first kappa shape index (κ1) is 21.0. The largest absolute Gasteiger partial charge is 0.481 e. The van der Waals surface area contributed by atoms with Crippen LogP contribution in [-0.2, 0) is 19.2 Å². The van der Waals surface area contributed by atoms with Gasteiger partial charge in [0.15, 0.2) is 0 Å². The second kappa shape index (κ2) is 7.54. The summed E-state index contributed by atoms with van der Waals surface area (Å²) in [5.41, 5.74) is 0.601. The summed E-state index contributed by atoms with van der Waals surface area (Å²) >= 11 is 0. The minimum absolute atomic E-state index is 0.0313. The molecule has 3 atom stereocenters. The van der Waals surface area contributed by atoms with Gasteiger partial charge in [0.1, 0.15) is 0 Å². The van der Waals surface area contributed by atoms with E-state index in [1.807, 2.05) is 0 Å². The second-order valence-corrected chi connectivity index (χ2v) is 6.58. The highest BCUT2D eigenvalue weighted by molar-refractivity contribution is 6.59. The van der Waals surface area contributed by atoms with Crippen LogP contribution in [0, 0.1) is 16.7 Å². The molecule has 3 unspecified atom stereocenters. The Bertz CT molecular complexity index is 476. The van der Waals surface area contributed by atoms with E-state index in [1.54, 1.807) is 0 Å². The summed E-state index contributed by atoms with van der Waals surface area (Å²) in [6.45, 7) is 7.98. The van der Waals surface area contributed by atoms with Gasteiger partial charge in [0.25, 0.3) is 5.97 Å². The van der Waals surface area contributed by atoms with Crippen LogP contribution in [0.4, 0.5) is 0 Å². The van der Waals surface area contributed by atoms with Crippen LogP contribution in [0.3, 0.4) is 0 Å². The predicted octanol–water partition coefficient (Wildman–Crippen LogP) is 1.01. The normalized spacial score (nSPS) is 29.4. The summed E-state index contributed by atoms with van der Waals surface area (Å²) in [6, 6.07) is 0. The van der Waals surface area contributed by atoms with E-state index in [0.717, 1.165) is 19.3 Å². The Morgan fingerprint density at radius 1 is 0.957 bits per heavy atom. The monoisotopic (exact) mass is 332 g/mol. The van der Waals surface area contributed by atoms with Gasteiger partial charge in [0, 0.05) is 6.92 Å². The van der Waals surface area contributed by atoms with Crippen LogP contribution in [0.5, 0.6) is 0 Å². The number of hydrogen-bond acceptors (Lipinski definition) is 5. The van der Waals surface area contributed by atoms with Crippen LogP contribution in [-0.4, -0.2) is 50.2 Å². The summed E-state index contributed by atoms with van der Waals surface area (Å²) < 4.78 is 0. The number of aliphatic hydroxyl groups is 1. The third-order valence-electron chi connectivity index (χ3n) is 5.14. The van der Waals surface area contributed by atoms with Crippen molar-refractivity contribution in [3.63, 3.8) is 0 Å². The fraction of sp³-hybridized carbons (Fsp3) is 0.733. The van der Waals surface area contributed by atoms with Crippen molar-refractivity contribution in [1.82, 2.24) is 0 Å². The number of rotatable bonds is 2. The van der Waals surface area contributed by atoms with Crippen molar-refractivity contribution < 1.29 is 39.6 Å². The van der Waals surface area contributed by atoms with E-state index in [9.17, 15) is 19.5 Å². The van der Waals surface area contributed by atoms with Crippen molar-refractivity contribution in [3.05, 3.63) is 0 Å². The molecular formula is C15H24O8. The molecule has 0 aromatic rings. The molecule has 8 heteroatoms. The minimum atomic E-state index is -1.95. The smallest absolute Gasteiger partial charge is 0.384 e. The Balaban J connectivity index is 0.000000357. The molecule has 0 spiro atoms. The SMILES string of the molecule is CC(=O)O.CC1(C)C2CCC1(C)C(O)C2.O=C(O)C(=O)C(=O)O. The molecule has 0 radical (unpaired) electrons. The molecule has 0 heterocycles. The highest BCUT2D eigenvalue weighted by Gasteiger charge is 2.60. The number of hydrogen-bond donors (Lipinski definition) is 4. The van der Waals surface area contributed by atoms with Crippen LogP contribution in [0.2, 0.25) is 0 Å². The van der Waals surface area contributed by atoms with Crippen LogP contribution < -0.4 is 0 Å². The lowest BCUT2D eigenvalue weighted by Gasteiger charge is -2.36. The van der Waals surface area contributed by atoms with Gasteiger partial charge in [-0.15, -0.1) is 0 Å². The zero-order valence-electron chi connectivity index (χ0n) is 13.7. The number of carbonyl (C=O) groups is 4. The number of fused-ring (bicyclic) bond motifs is 2. The molecule has 0 aliphatic heterocycles. The van der Waals surface area contributed by atoms with E-state index in [1.165, 1.54) is 12.8 Å². The summed E-state index contributed by atoms with van der Waals surface area (Å²) in [5.74, 6) is -5.76. The number of aliphatic carboxylic acids is 3. The van der Waals surface area contributed by atoms with Gasteiger partial charge in [-0.05, 0) is 36.0 Å². The summed E-state index contributed by atoms with van der Waals surface area (Å²) in [4.78, 5) is 37.5. The third-order valence-corrected chi connectivity index (χ3v) is 5.14. The Hall–Kier alpha value is -1.96. The molecular weight excluding hydrogens is 308 g/mol. The molecule has 0 saturated heterocycles. The number of carbonyl (C=O) groups excluding carboxylic acids is 1. The predicted molar refractivity (Wildman–Crippen MR) is 78.8 cm³/mol. The van der Waals surface area contributed by atoms with E-state index < -0.39 is 23.7 Å². The first-order valence-corrected chi connectivity index (χ1v) is 7.15. The standard InChI is InChI=1S/C10H18O.C3H2O5.C2H4O2/c1-9(2)7-4-5-10(9,3)8(11)6-7;4-1(2(5)6)3(7)8;1-2(3)4/h7-8,11H,4-6H2,1-3H3;(H,5,6)(H,7,8);1H3,(H,3,4). The molecule has 23 heavy (non-hydrogen) atoms. The lowest BCUT2D eigenvalue weighted by molar-refractivity contribution is -0.159. The first-order chi connectivity index (χ1) is 10.3. The topological polar surface area (TPSA) is 149 Å². The molecule has 4 N–H and O–H groups in total. The number of ketones is 1. The molecule has 2 fully saturated rings. The van der Waals surface area contributed by atoms with Gasteiger partial charge in [-0.3, -0.25) is 9.59 Å². The Morgan fingerprint density at radius 2 is 1.35 bits per heavy atom. The van der Waals surface area contributed by atoms with E-state index in [0.29, 0.717) is 5.41 Å². The number of carboxylic acids is 3. The molecule has 8 nitrogen and oxygen atoms in total. The Labute approximate surface area is 134 Å². The van der Waals surface area contributed by atoms with Crippen LogP contribution in [0.15, 0.2) is 0 Å². The third kappa shape index (κ3) is 4.75. The molecule has 0 aromatic heterocycles. The van der Waals surface area contributed by atoms with Gasteiger partial charge < -0.3 is 20.4 Å². The van der Waals surface area contributed by atoms with Crippen LogP contribution >= 0.6 is 0 Å². The van der Waals surface area contributed by atoms with Crippen molar-refractivity contribution in [3.8, 4) is 0 Å². The summed E-state index contributed by atoms with van der Waals surface area (Å²) in [7, 11) is 0. The Kier molecular flexibility index (Phi) is 6.90.